The van der Waals surface area contributed by atoms with Gasteiger partial charge in [-0.3, -0.25) is 4.98 Å². The Balaban J connectivity index is 1.88. The van der Waals surface area contributed by atoms with Crippen LogP contribution in [0.1, 0.15) is 11.3 Å². The molecule has 2 aromatic rings. The van der Waals surface area contributed by atoms with Crippen LogP contribution in [-0.4, -0.2) is 22.8 Å². The normalized spacial score (nSPS) is 10.9. The van der Waals surface area contributed by atoms with Gasteiger partial charge in [0.05, 0.1) is 11.2 Å². The third-order valence-electron chi connectivity index (χ3n) is 2.57. The van der Waals surface area contributed by atoms with Gasteiger partial charge in [-0.15, -0.1) is 0 Å². The molecule has 20 heavy (non-hydrogen) atoms. The number of nitrogens with zero attached hydrogens (tertiary/aromatic N) is 2. The number of aromatic nitrogens is 1. The fraction of sp³-hybridized carbons (Fsp3) is 0.143. The number of benzene rings is 1. The average molecular weight is 310 g/mol. The maximum absolute atomic E-state index is 9.74. The van der Waals surface area contributed by atoms with Crippen LogP contribution in [0.25, 0.3) is 0 Å². The molecule has 2 N–H and O–H groups in total. The molecule has 1 aromatic carbocycles. The van der Waals surface area contributed by atoms with E-state index in [1.54, 1.807) is 12.3 Å². The topological polar surface area (TPSA) is 57.5 Å². The average Bonchev–Trinajstić information content (AvgIpc) is 2.44. The minimum Gasteiger partial charge on any atom is -0.506 e. The smallest absolute Gasteiger partial charge is 0.143 e. The Kier molecular flexibility index (Phi) is 5.21. The van der Waals surface area contributed by atoms with E-state index in [2.05, 4.69) is 15.5 Å². The second kappa shape index (κ2) is 7.12. The molecule has 6 heteroatoms. The van der Waals surface area contributed by atoms with E-state index in [0.717, 1.165) is 12.1 Å². The molecule has 0 fully saturated rings. The summed E-state index contributed by atoms with van der Waals surface area (Å²) in [6.45, 7) is 0.641. The third-order valence-corrected chi connectivity index (χ3v) is 3.08. The van der Waals surface area contributed by atoms with Gasteiger partial charge in [-0.05, 0) is 24.3 Å². The summed E-state index contributed by atoms with van der Waals surface area (Å²) in [6.07, 6.45) is 4.00. The fourth-order valence-electron chi connectivity index (χ4n) is 1.59. The Hall–Kier alpha value is -1.78. The highest BCUT2D eigenvalue weighted by Gasteiger charge is 2.05. The van der Waals surface area contributed by atoms with Crippen molar-refractivity contribution < 1.29 is 5.11 Å². The highest BCUT2D eigenvalue weighted by atomic mass is 35.5. The Bertz CT molecular complexity index is 603. The van der Waals surface area contributed by atoms with Crippen molar-refractivity contribution >= 4 is 29.4 Å². The van der Waals surface area contributed by atoms with E-state index in [1.165, 1.54) is 12.3 Å². The number of nitrogens with one attached hydrogen (secondary N) is 1. The van der Waals surface area contributed by atoms with Crippen molar-refractivity contribution in [3.8, 4) is 5.75 Å². The van der Waals surface area contributed by atoms with E-state index in [-0.39, 0.29) is 10.8 Å². The van der Waals surface area contributed by atoms with Crippen LogP contribution < -0.4 is 5.43 Å². The van der Waals surface area contributed by atoms with Crippen molar-refractivity contribution in [3.05, 3.63) is 57.8 Å². The van der Waals surface area contributed by atoms with Gasteiger partial charge in [-0.1, -0.05) is 29.3 Å². The summed E-state index contributed by atoms with van der Waals surface area (Å²) in [5.74, 6) is -0.0358. The molecule has 1 aromatic heterocycles. The molecule has 0 saturated carbocycles. The fourth-order valence-corrected chi connectivity index (χ4v) is 2.10. The van der Waals surface area contributed by atoms with Crippen LogP contribution in [0.2, 0.25) is 10.0 Å². The minimum atomic E-state index is -0.0358. The molecule has 4 nitrogen and oxygen atoms in total. The molecular weight excluding hydrogens is 297 g/mol. The highest BCUT2D eigenvalue weighted by molar-refractivity contribution is 6.36. The Morgan fingerprint density at radius 1 is 1.30 bits per heavy atom. The first kappa shape index (κ1) is 14.6. The molecule has 2 rings (SSSR count). The van der Waals surface area contributed by atoms with Gasteiger partial charge >= 0.3 is 0 Å². The van der Waals surface area contributed by atoms with Crippen LogP contribution in [-0.2, 0) is 6.42 Å². The molecule has 0 aliphatic carbocycles. The lowest BCUT2D eigenvalue weighted by atomic mass is 10.2. The third kappa shape index (κ3) is 4.11. The maximum Gasteiger partial charge on any atom is 0.143 e. The molecule has 0 aliphatic rings. The van der Waals surface area contributed by atoms with E-state index in [9.17, 15) is 5.11 Å². The molecule has 0 saturated heterocycles. The monoisotopic (exact) mass is 309 g/mol. The van der Waals surface area contributed by atoms with Crippen molar-refractivity contribution in [3.63, 3.8) is 0 Å². The summed E-state index contributed by atoms with van der Waals surface area (Å²) >= 11 is 11.7. The zero-order valence-corrected chi connectivity index (χ0v) is 12.1. The van der Waals surface area contributed by atoms with Gasteiger partial charge in [0.25, 0.3) is 0 Å². The first-order chi connectivity index (χ1) is 9.66. The lowest BCUT2D eigenvalue weighted by molar-refractivity contribution is 0.474. The van der Waals surface area contributed by atoms with Crippen LogP contribution in [0.4, 0.5) is 0 Å². The van der Waals surface area contributed by atoms with Crippen molar-refractivity contribution in [2.75, 3.05) is 6.54 Å². The quantitative estimate of drug-likeness (QED) is 0.506. The zero-order chi connectivity index (χ0) is 14.4. The lowest BCUT2D eigenvalue weighted by Gasteiger charge is -2.03. The van der Waals surface area contributed by atoms with Gasteiger partial charge in [-0.2, -0.15) is 5.10 Å². The summed E-state index contributed by atoms with van der Waals surface area (Å²) < 4.78 is 0. The van der Waals surface area contributed by atoms with Crippen LogP contribution in [0.15, 0.2) is 41.6 Å². The van der Waals surface area contributed by atoms with E-state index in [0.29, 0.717) is 17.1 Å². The summed E-state index contributed by atoms with van der Waals surface area (Å²) in [5.41, 5.74) is 4.34. The van der Waals surface area contributed by atoms with Crippen LogP contribution >= 0.6 is 23.2 Å². The van der Waals surface area contributed by atoms with Crippen LogP contribution in [0.3, 0.4) is 0 Å². The standard InChI is InChI=1S/C14H13Cl2N3O/c15-11-7-10(14(20)13(16)8-11)9-19-18-6-4-12-3-1-2-5-17-12/h1-3,5,7-9,18,20H,4,6H2/b19-9+. The maximum atomic E-state index is 9.74. The molecule has 0 unspecified atom stereocenters. The molecule has 0 amide bonds. The van der Waals surface area contributed by atoms with Gasteiger partial charge < -0.3 is 10.5 Å². The van der Waals surface area contributed by atoms with E-state index < -0.39 is 0 Å². The molecule has 1 heterocycles. The van der Waals surface area contributed by atoms with Crippen molar-refractivity contribution in [2.24, 2.45) is 5.10 Å². The molecule has 0 spiro atoms. The number of phenolic OH excluding ortho intramolecular Hbond substituents is 1. The molecule has 0 radical (unpaired) electrons. The Morgan fingerprint density at radius 2 is 2.15 bits per heavy atom. The summed E-state index contributed by atoms with van der Waals surface area (Å²) in [5, 5.41) is 14.4. The van der Waals surface area contributed by atoms with Crippen molar-refractivity contribution in [1.29, 1.82) is 0 Å². The van der Waals surface area contributed by atoms with Crippen molar-refractivity contribution in [1.82, 2.24) is 10.4 Å². The predicted molar refractivity (Wildman–Crippen MR) is 81.7 cm³/mol. The number of halogens is 2. The van der Waals surface area contributed by atoms with Gasteiger partial charge in [0.2, 0.25) is 0 Å². The molecule has 0 bridgehead atoms. The number of phenols is 1. The molecular formula is C14H13Cl2N3O. The summed E-state index contributed by atoms with van der Waals surface area (Å²) in [6, 6.07) is 8.84. The Morgan fingerprint density at radius 3 is 2.90 bits per heavy atom. The largest absolute Gasteiger partial charge is 0.506 e. The van der Waals surface area contributed by atoms with Gasteiger partial charge in [-0.25, -0.2) is 0 Å². The molecule has 104 valence electrons. The number of hydrazone groups is 1. The van der Waals surface area contributed by atoms with Crippen molar-refractivity contribution in [2.45, 2.75) is 6.42 Å². The van der Waals surface area contributed by atoms with Gasteiger partial charge in [0, 0.05) is 35.4 Å². The van der Waals surface area contributed by atoms with Gasteiger partial charge in [0.1, 0.15) is 5.75 Å². The van der Waals surface area contributed by atoms with E-state index in [4.69, 9.17) is 23.2 Å². The number of rotatable bonds is 5. The van der Waals surface area contributed by atoms with Gasteiger partial charge in [0.15, 0.2) is 0 Å². The number of aromatic hydroxyl groups is 1. The summed E-state index contributed by atoms with van der Waals surface area (Å²) in [7, 11) is 0. The second-order valence-corrected chi connectivity index (χ2v) is 4.91. The van der Waals surface area contributed by atoms with E-state index >= 15 is 0 Å². The molecule has 0 aliphatic heterocycles. The first-order valence-electron chi connectivity index (χ1n) is 6.00. The number of pyridine rings is 1. The Labute approximate surface area is 127 Å². The second-order valence-electron chi connectivity index (χ2n) is 4.06. The van der Waals surface area contributed by atoms with Crippen LogP contribution in [0, 0.1) is 0 Å². The van der Waals surface area contributed by atoms with E-state index in [1.807, 2.05) is 18.2 Å². The summed E-state index contributed by atoms with van der Waals surface area (Å²) in [4.78, 5) is 4.21. The SMILES string of the molecule is Oc1c(Cl)cc(Cl)cc1/C=N/NCCc1ccccn1. The number of hydrogen-bond acceptors (Lipinski definition) is 4. The highest BCUT2D eigenvalue weighted by Crippen LogP contribution is 2.29. The number of hydrogen-bond donors (Lipinski definition) is 2. The lowest BCUT2D eigenvalue weighted by Crippen LogP contribution is -2.11. The van der Waals surface area contributed by atoms with Crippen LogP contribution in [0.5, 0.6) is 5.75 Å². The predicted octanol–water partition coefficient (Wildman–Crippen LogP) is 3.26. The minimum absolute atomic E-state index is 0.0358. The zero-order valence-electron chi connectivity index (χ0n) is 10.6. The molecule has 0 atom stereocenters. The first-order valence-corrected chi connectivity index (χ1v) is 6.76.